The fourth-order valence-corrected chi connectivity index (χ4v) is 1.93. The number of hydrogen-bond donors (Lipinski definition) is 0. The summed E-state index contributed by atoms with van der Waals surface area (Å²) in [5, 5.41) is 0. The van der Waals surface area contributed by atoms with Crippen molar-refractivity contribution >= 4 is 0 Å². The van der Waals surface area contributed by atoms with E-state index in [1.807, 2.05) is 0 Å². The first-order chi connectivity index (χ1) is 7.65. The third-order valence-corrected chi connectivity index (χ3v) is 4.60. The summed E-state index contributed by atoms with van der Waals surface area (Å²) in [6.45, 7) is 17.6. The summed E-state index contributed by atoms with van der Waals surface area (Å²) >= 11 is 0. The van der Waals surface area contributed by atoms with Crippen LogP contribution in [0.3, 0.4) is 0 Å². The molecule has 1 aliphatic rings. The fraction of sp³-hybridized carbons (Fsp3) is 1.00. The zero-order valence-electron chi connectivity index (χ0n) is 12.7. The van der Waals surface area contributed by atoms with Crippen molar-refractivity contribution < 1.29 is 9.47 Å². The van der Waals surface area contributed by atoms with Crippen molar-refractivity contribution in [3.63, 3.8) is 0 Å². The van der Waals surface area contributed by atoms with E-state index in [1.54, 1.807) is 0 Å². The van der Waals surface area contributed by atoms with Crippen molar-refractivity contribution in [3.05, 3.63) is 0 Å². The average Bonchev–Trinajstić information content (AvgIpc) is 2.97. The molecule has 1 rings (SSSR count). The van der Waals surface area contributed by atoms with Gasteiger partial charge in [0.2, 0.25) is 0 Å². The maximum atomic E-state index is 6.10. The highest BCUT2D eigenvalue weighted by molar-refractivity contribution is 4.83. The normalized spacial score (nSPS) is 22.9. The van der Waals surface area contributed by atoms with Gasteiger partial charge in [-0.1, -0.05) is 34.6 Å². The molecule has 0 saturated carbocycles. The predicted molar refractivity (Wildman–Crippen MR) is 72.2 cm³/mol. The Morgan fingerprint density at radius 3 is 2.12 bits per heavy atom. The predicted octanol–water partition coefficient (Wildman–Crippen LogP) is 3.89. The topological polar surface area (TPSA) is 21.8 Å². The molecule has 17 heavy (non-hydrogen) atoms. The second-order valence-corrected chi connectivity index (χ2v) is 7.11. The third-order valence-electron chi connectivity index (χ3n) is 4.60. The highest BCUT2D eigenvalue weighted by Gasteiger charge is 2.34. The van der Waals surface area contributed by atoms with Gasteiger partial charge in [0.05, 0.1) is 24.9 Å². The molecule has 0 amide bonds. The van der Waals surface area contributed by atoms with Gasteiger partial charge in [-0.2, -0.15) is 0 Å². The van der Waals surface area contributed by atoms with Crippen molar-refractivity contribution in [1.29, 1.82) is 0 Å². The van der Waals surface area contributed by atoms with Gasteiger partial charge in [0.1, 0.15) is 0 Å². The monoisotopic (exact) mass is 242 g/mol. The molecule has 1 heterocycles. The van der Waals surface area contributed by atoms with Crippen LogP contribution in [0.2, 0.25) is 0 Å². The third kappa shape index (κ3) is 4.59. The van der Waals surface area contributed by atoms with Crippen LogP contribution >= 0.6 is 0 Å². The van der Waals surface area contributed by atoms with Crippen LogP contribution in [0.5, 0.6) is 0 Å². The van der Waals surface area contributed by atoms with E-state index >= 15 is 0 Å². The molecule has 2 nitrogen and oxygen atoms in total. The number of ether oxygens (including phenoxy) is 2. The lowest BCUT2D eigenvalue weighted by atomic mass is 9.72. The van der Waals surface area contributed by atoms with Crippen molar-refractivity contribution in [3.8, 4) is 0 Å². The van der Waals surface area contributed by atoms with Gasteiger partial charge in [0.25, 0.3) is 0 Å². The number of epoxide rings is 1. The standard InChI is InChI=1S/C15H30O2/c1-11(2)15(6,7)12(3)9-17-14(4,5)8-13-10-16-13/h11-13H,8-10H2,1-7H3. The summed E-state index contributed by atoms with van der Waals surface area (Å²) < 4.78 is 11.4. The van der Waals surface area contributed by atoms with Gasteiger partial charge in [-0.15, -0.1) is 0 Å². The van der Waals surface area contributed by atoms with Crippen molar-refractivity contribution in [1.82, 2.24) is 0 Å². The molecule has 0 bridgehead atoms. The summed E-state index contributed by atoms with van der Waals surface area (Å²) in [7, 11) is 0. The minimum atomic E-state index is -0.0531. The van der Waals surface area contributed by atoms with Crippen LogP contribution in [0, 0.1) is 17.3 Å². The Balaban J connectivity index is 2.38. The zero-order chi connectivity index (χ0) is 13.3. The minimum Gasteiger partial charge on any atom is -0.375 e. The molecule has 1 aliphatic heterocycles. The first-order valence-corrected chi connectivity index (χ1v) is 6.90. The molecule has 2 heteroatoms. The van der Waals surface area contributed by atoms with Crippen molar-refractivity contribution in [2.45, 2.75) is 66.6 Å². The largest absolute Gasteiger partial charge is 0.375 e. The quantitative estimate of drug-likeness (QED) is 0.632. The smallest absolute Gasteiger partial charge is 0.0837 e. The van der Waals surface area contributed by atoms with Gasteiger partial charge in [-0.05, 0) is 31.1 Å². The molecule has 102 valence electrons. The molecule has 0 radical (unpaired) electrons. The lowest BCUT2D eigenvalue weighted by Gasteiger charge is -2.37. The molecular weight excluding hydrogens is 212 g/mol. The van der Waals surface area contributed by atoms with Gasteiger partial charge < -0.3 is 9.47 Å². The Hall–Kier alpha value is -0.0800. The Labute approximate surface area is 107 Å². The molecule has 0 aromatic carbocycles. The highest BCUT2D eigenvalue weighted by Crippen LogP contribution is 2.36. The second-order valence-electron chi connectivity index (χ2n) is 7.11. The summed E-state index contributed by atoms with van der Waals surface area (Å²) in [6, 6.07) is 0. The number of hydrogen-bond acceptors (Lipinski definition) is 2. The second kappa shape index (κ2) is 5.27. The van der Waals surface area contributed by atoms with E-state index in [0.717, 1.165) is 19.6 Å². The van der Waals surface area contributed by atoms with Crippen LogP contribution in [0.25, 0.3) is 0 Å². The molecule has 0 N–H and O–H groups in total. The number of rotatable bonds is 7. The Morgan fingerprint density at radius 2 is 1.71 bits per heavy atom. The highest BCUT2D eigenvalue weighted by atomic mass is 16.6. The van der Waals surface area contributed by atoms with Gasteiger partial charge in [-0.3, -0.25) is 0 Å². The first kappa shape index (κ1) is 15.0. The van der Waals surface area contributed by atoms with E-state index in [0.29, 0.717) is 23.4 Å². The zero-order valence-corrected chi connectivity index (χ0v) is 12.7. The maximum Gasteiger partial charge on any atom is 0.0837 e. The Bertz CT molecular complexity index is 239. The van der Waals surface area contributed by atoms with Crippen LogP contribution in [0.15, 0.2) is 0 Å². The van der Waals surface area contributed by atoms with E-state index in [2.05, 4.69) is 48.5 Å². The lowest BCUT2D eigenvalue weighted by molar-refractivity contribution is -0.0650. The molecule has 1 fully saturated rings. The van der Waals surface area contributed by atoms with E-state index in [1.165, 1.54) is 0 Å². The van der Waals surface area contributed by atoms with Crippen LogP contribution in [-0.2, 0) is 9.47 Å². The van der Waals surface area contributed by atoms with Gasteiger partial charge >= 0.3 is 0 Å². The van der Waals surface area contributed by atoms with Crippen LogP contribution in [0.1, 0.15) is 54.9 Å². The summed E-state index contributed by atoms with van der Waals surface area (Å²) in [5.41, 5.74) is 0.272. The Kier molecular flexibility index (Phi) is 4.65. The first-order valence-electron chi connectivity index (χ1n) is 6.90. The molecule has 0 aliphatic carbocycles. The van der Waals surface area contributed by atoms with Crippen molar-refractivity contribution in [2.75, 3.05) is 13.2 Å². The molecule has 1 saturated heterocycles. The Morgan fingerprint density at radius 1 is 1.18 bits per heavy atom. The van der Waals surface area contributed by atoms with E-state index < -0.39 is 0 Å². The van der Waals surface area contributed by atoms with Crippen LogP contribution in [-0.4, -0.2) is 24.9 Å². The average molecular weight is 242 g/mol. The molecule has 0 spiro atoms. The molecular formula is C15H30O2. The minimum absolute atomic E-state index is 0.0531. The summed E-state index contributed by atoms with van der Waals surface area (Å²) in [5.74, 6) is 1.25. The van der Waals surface area contributed by atoms with Crippen LogP contribution < -0.4 is 0 Å². The van der Waals surface area contributed by atoms with E-state index in [9.17, 15) is 0 Å². The summed E-state index contributed by atoms with van der Waals surface area (Å²) in [6.07, 6.45) is 1.46. The molecule has 2 unspecified atom stereocenters. The van der Waals surface area contributed by atoms with Gasteiger partial charge in [-0.25, -0.2) is 0 Å². The van der Waals surface area contributed by atoms with Crippen LogP contribution in [0.4, 0.5) is 0 Å². The van der Waals surface area contributed by atoms with Gasteiger partial charge in [0, 0.05) is 6.42 Å². The molecule has 0 aromatic rings. The molecule has 2 atom stereocenters. The lowest BCUT2D eigenvalue weighted by Crippen LogP contribution is -2.35. The maximum absolute atomic E-state index is 6.10. The summed E-state index contributed by atoms with van der Waals surface area (Å²) in [4.78, 5) is 0. The van der Waals surface area contributed by atoms with E-state index in [4.69, 9.17) is 9.47 Å². The molecule has 0 aromatic heterocycles. The SMILES string of the molecule is CC(C)C(C)(C)C(C)COC(C)(C)CC1CO1. The van der Waals surface area contributed by atoms with Gasteiger partial charge in [0.15, 0.2) is 0 Å². The fourth-order valence-electron chi connectivity index (χ4n) is 1.93. The van der Waals surface area contributed by atoms with E-state index in [-0.39, 0.29) is 5.60 Å². The van der Waals surface area contributed by atoms with Crippen molar-refractivity contribution in [2.24, 2.45) is 17.3 Å².